The SMILES string of the molecule is O=C(O)CCN(CCC(=O)O)c1ccc2c(c1)OCO2. The van der Waals surface area contributed by atoms with Gasteiger partial charge in [0.25, 0.3) is 0 Å². The summed E-state index contributed by atoms with van der Waals surface area (Å²) in [4.78, 5) is 23.1. The zero-order valence-corrected chi connectivity index (χ0v) is 10.7. The van der Waals surface area contributed by atoms with Crippen molar-refractivity contribution in [2.75, 3.05) is 24.8 Å². The van der Waals surface area contributed by atoms with Gasteiger partial charge in [-0.25, -0.2) is 0 Å². The van der Waals surface area contributed by atoms with Gasteiger partial charge in [0.15, 0.2) is 11.5 Å². The number of carboxylic acids is 2. The lowest BCUT2D eigenvalue weighted by Crippen LogP contribution is -2.28. The molecule has 1 aliphatic heterocycles. The van der Waals surface area contributed by atoms with Crippen LogP contribution in [0.2, 0.25) is 0 Å². The van der Waals surface area contributed by atoms with Gasteiger partial charge in [-0.2, -0.15) is 0 Å². The third-order valence-corrected chi connectivity index (χ3v) is 2.91. The fraction of sp³-hybridized carbons (Fsp3) is 0.385. The van der Waals surface area contributed by atoms with Crippen LogP contribution in [0.1, 0.15) is 12.8 Å². The van der Waals surface area contributed by atoms with Gasteiger partial charge in [-0.1, -0.05) is 0 Å². The first-order chi connectivity index (χ1) is 9.56. The molecular weight excluding hydrogens is 266 g/mol. The Kier molecular flexibility index (Phi) is 4.29. The van der Waals surface area contributed by atoms with Gasteiger partial charge >= 0.3 is 11.9 Å². The van der Waals surface area contributed by atoms with Crippen molar-refractivity contribution in [1.29, 1.82) is 0 Å². The highest BCUT2D eigenvalue weighted by Gasteiger charge is 2.17. The first-order valence-corrected chi connectivity index (χ1v) is 6.14. The van der Waals surface area contributed by atoms with Gasteiger partial charge in [-0.05, 0) is 12.1 Å². The molecule has 0 aromatic heterocycles. The Hall–Kier alpha value is -2.44. The molecule has 0 radical (unpaired) electrons. The van der Waals surface area contributed by atoms with Crippen LogP contribution in [0.25, 0.3) is 0 Å². The highest BCUT2D eigenvalue weighted by molar-refractivity contribution is 5.69. The molecule has 0 atom stereocenters. The van der Waals surface area contributed by atoms with E-state index in [1.54, 1.807) is 23.1 Å². The third-order valence-electron chi connectivity index (χ3n) is 2.91. The monoisotopic (exact) mass is 281 g/mol. The summed E-state index contributed by atoms with van der Waals surface area (Å²) < 4.78 is 10.5. The molecule has 0 bridgehead atoms. The van der Waals surface area contributed by atoms with Crippen LogP contribution in [-0.2, 0) is 9.59 Å². The van der Waals surface area contributed by atoms with Gasteiger partial charge in [0.1, 0.15) is 0 Å². The number of carboxylic acid groups (broad SMARTS) is 2. The number of fused-ring (bicyclic) bond motifs is 1. The van der Waals surface area contributed by atoms with E-state index in [9.17, 15) is 9.59 Å². The molecule has 0 unspecified atom stereocenters. The maximum Gasteiger partial charge on any atom is 0.305 e. The van der Waals surface area contributed by atoms with Gasteiger partial charge in [0.2, 0.25) is 6.79 Å². The molecule has 0 aliphatic carbocycles. The Morgan fingerprint density at radius 1 is 1.05 bits per heavy atom. The van der Waals surface area contributed by atoms with Crippen molar-refractivity contribution in [2.45, 2.75) is 12.8 Å². The highest BCUT2D eigenvalue weighted by Crippen LogP contribution is 2.35. The van der Waals surface area contributed by atoms with E-state index in [0.717, 1.165) is 5.69 Å². The van der Waals surface area contributed by atoms with Crippen molar-refractivity contribution < 1.29 is 29.3 Å². The average Bonchev–Trinajstić information content (AvgIpc) is 2.85. The van der Waals surface area contributed by atoms with Crippen molar-refractivity contribution in [3.63, 3.8) is 0 Å². The van der Waals surface area contributed by atoms with Crippen LogP contribution in [0.4, 0.5) is 5.69 Å². The van der Waals surface area contributed by atoms with E-state index in [1.165, 1.54) is 0 Å². The second kappa shape index (κ2) is 6.14. The Labute approximate surface area is 115 Å². The number of aliphatic carboxylic acids is 2. The lowest BCUT2D eigenvalue weighted by atomic mass is 10.2. The number of ether oxygens (including phenoxy) is 2. The minimum Gasteiger partial charge on any atom is -0.481 e. The van der Waals surface area contributed by atoms with Crippen LogP contribution < -0.4 is 14.4 Å². The van der Waals surface area contributed by atoms with Crippen LogP contribution in [0, 0.1) is 0 Å². The Bertz CT molecular complexity index is 498. The van der Waals surface area contributed by atoms with E-state index in [2.05, 4.69) is 0 Å². The average molecular weight is 281 g/mol. The van der Waals surface area contributed by atoms with E-state index in [4.69, 9.17) is 19.7 Å². The summed E-state index contributed by atoms with van der Waals surface area (Å²) in [6.45, 7) is 0.632. The summed E-state index contributed by atoms with van der Waals surface area (Å²) in [5, 5.41) is 17.5. The number of hydrogen-bond donors (Lipinski definition) is 2. The zero-order valence-electron chi connectivity index (χ0n) is 10.7. The van der Waals surface area contributed by atoms with Crippen LogP contribution in [0.3, 0.4) is 0 Å². The quantitative estimate of drug-likeness (QED) is 0.774. The Morgan fingerprint density at radius 2 is 1.65 bits per heavy atom. The minimum atomic E-state index is -0.925. The second-order valence-electron chi connectivity index (χ2n) is 4.31. The molecule has 1 aliphatic rings. The first kappa shape index (κ1) is 14.0. The molecule has 1 aromatic rings. The standard InChI is InChI=1S/C13H15NO6/c15-12(16)3-5-14(6-4-13(17)18)9-1-2-10-11(7-9)20-8-19-10/h1-2,7H,3-6,8H2,(H,15,16)(H,17,18). The number of benzene rings is 1. The van der Waals surface area contributed by atoms with E-state index < -0.39 is 11.9 Å². The summed E-state index contributed by atoms with van der Waals surface area (Å²) >= 11 is 0. The summed E-state index contributed by atoms with van der Waals surface area (Å²) in [5.74, 6) is -0.638. The van der Waals surface area contributed by atoms with Crippen molar-refractivity contribution in [2.24, 2.45) is 0 Å². The summed E-state index contributed by atoms with van der Waals surface area (Å²) in [6, 6.07) is 5.22. The number of anilines is 1. The molecule has 108 valence electrons. The molecular formula is C13H15NO6. The Morgan fingerprint density at radius 3 is 2.25 bits per heavy atom. The molecule has 0 spiro atoms. The van der Waals surface area contributed by atoms with Crippen LogP contribution in [-0.4, -0.2) is 42.0 Å². The molecule has 0 fully saturated rings. The van der Waals surface area contributed by atoms with Crippen molar-refractivity contribution >= 4 is 17.6 Å². The summed E-state index contributed by atoms with van der Waals surface area (Å²) in [6.07, 6.45) is -0.123. The predicted octanol–water partition coefficient (Wildman–Crippen LogP) is 1.17. The smallest absolute Gasteiger partial charge is 0.305 e. The van der Waals surface area contributed by atoms with Gasteiger partial charge in [0, 0.05) is 24.8 Å². The van der Waals surface area contributed by atoms with Crippen LogP contribution >= 0.6 is 0 Å². The molecule has 1 aromatic carbocycles. The third kappa shape index (κ3) is 3.53. The summed E-state index contributed by atoms with van der Waals surface area (Å²) in [5.41, 5.74) is 0.719. The first-order valence-electron chi connectivity index (χ1n) is 6.14. The summed E-state index contributed by atoms with van der Waals surface area (Å²) in [7, 11) is 0. The van der Waals surface area contributed by atoms with E-state index >= 15 is 0 Å². The fourth-order valence-electron chi connectivity index (χ4n) is 1.91. The van der Waals surface area contributed by atoms with E-state index in [0.29, 0.717) is 11.5 Å². The molecule has 0 saturated heterocycles. The molecule has 2 rings (SSSR count). The molecule has 7 heteroatoms. The van der Waals surface area contributed by atoms with Gasteiger partial charge < -0.3 is 24.6 Å². The van der Waals surface area contributed by atoms with Gasteiger partial charge in [0.05, 0.1) is 12.8 Å². The fourth-order valence-corrected chi connectivity index (χ4v) is 1.91. The molecule has 20 heavy (non-hydrogen) atoms. The van der Waals surface area contributed by atoms with Crippen molar-refractivity contribution in [3.05, 3.63) is 18.2 Å². The lowest BCUT2D eigenvalue weighted by Gasteiger charge is -2.23. The molecule has 1 heterocycles. The largest absolute Gasteiger partial charge is 0.481 e. The molecule has 0 amide bonds. The lowest BCUT2D eigenvalue weighted by molar-refractivity contribution is -0.137. The van der Waals surface area contributed by atoms with Gasteiger partial charge in [-0.15, -0.1) is 0 Å². The zero-order chi connectivity index (χ0) is 14.5. The predicted molar refractivity (Wildman–Crippen MR) is 69.3 cm³/mol. The molecule has 2 N–H and O–H groups in total. The van der Waals surface area contributed by atoms with E-state index in [1.807, 2.05) is 0 Å². The van der Waals surface area contributed by atoms with Crippen molar-refractivity contribution in [3.8, 4) is 11.5 Å². The second-order valence-corrected chi connectivity index (χ2v) is 4.31. The van der Waals surface area contributed by atoms with Crippen molar-refractivity contribution in [1.82, 2.24) is 0 Å². The number of nitrogens with zero attached hydrogens (tertiary/aromatic N) is 1. The number of carbonyl (C=O) groups is 2. The van der Waals surface area contributed by atoms with Gasteiger partial charge in [-0.3, -0.25) is 9.59 Å². The molecule has 0 saturated carbocycles. The molecule has 7 nitrogen and oxygen atoms in total. The number of rotatable bonds is 7. The highest BCUT2D eigenvalue weighted by atomic mass is 16.7. The van der Waals surface area contributed by atoms with E-state index in [-0.39, 0.29) is 32.7 Å². The number of hydrogen-bond acceptors (Lipinski definition) is 5. The minimum absolute atomic E-state index is 0.0614. The van der Waals surface area contributed by atoms with Crippen LogP contribution in [0.5, 0.6) is 11.5 Å². The maximum atomic E-state index is 10.7. The topological polar surface area (TPSA) is 96.3 Å². The maximum absolute atomic E-state index is 10.7. The van der Waals surface area contributed by atoms with Crippen LogP contribution in [0.15, 0.2) is 18.2 Å². The normalized spacial score (nSPS) is 12.2. The Balaban J connectivity index is 2.11.